The Kier molecular flexibility index (Phi) is 9.04. The fourth-order valence-electron chi connectivity index (χ4n) is 3.49. The minimum atomic E-state index is -0.986. The van der Waals surface area contributed by atoms with E-state index in [4.69, 9.17) is 9.97 Å². The molecule has 0 aliphatic carbocycles. The first-order chi connectivity index (χ1) is 14.4. The van der Waals surface area contributed by atoms with Gasteiger partial charge >= 0.3 is 0 Å². The molecule has 0 spiro atoms. The van der Waals surface area contributed by atoms with Crippen LogP contribution in [0.3, 0.4) is 0 Å². The summed E-state index contributed by atoms with van der Waals surface area (Å²) < 4.78 is 0. The van der Waals surface area contributed by atoms with Crippen molar-refractivity contribution in [2.45, 2.75) is 59.8 Å². The Morgan fingerprint density at radius 3 is 2.20 bits per heavy atom. The van der Waals surface area contributed by atoms with Gasteiger partial charge in [0.15, 0.2) is 11.7 Å². The van der Waals surface area contributed by atoms with Gasteiger partial charge in [0.25, 0.3) is 0 Å². The van der Waals surface area contributed by atoms with E-state index in [2.05, 4.69) is 50.9 Å². The molecule has 1 aromatic carbocycles. The lowest BCUT2D eigenvalue weighted by Gasteiger charge is -2.29. The summed E-state index contributed by atoms with van der Waals surface area (Å²) in [4.78, 5) is 24.7. The molecule has 0 radical (unpaired) electrons. The lowest BCUT2D eigenvalue weighted by atomic mass is 10.0. The molecular formula is C24H35N5O. The maximum Gasteiger partial charge on any atom is 0.243 e. The van der Waals surface area contributed by atoms with Crippen LogP contribution in [0.25, 0.3) is 11.0 Å². The maximum absolute atomic E-state index is 12.9. The number of nitriles is 1. The molecule has 1 N–H and O–H groups in total. The highest BCUT2D eigenvalue weighted by Gasteiger charge is 2.29. The van der Waals surface area contributed by atoms with Gasteiger partial charge in [-0.2, -0.15) is 5.26 Å². The van der Waals surface area contributed by atoms with E-state index in [-0.39, 0.29) is 5.91 Å². The molecule has 0 saturated heterocycles. The molecule has 1 heterocycles. The number of carbonyl (C=O) groups excluding carboxylic acids is 1. The SMILES string of the molecule is CCCCCNC(=O)[C@@H](C#N)c1nc2ccccc2nc1N(CC(C)C)CC(C)C. The number of nitrogens with one attached hydrogen (secondary N) is 1. The molecule has 1 aromatic heterocycles. The summed E-state index contributed by atoms with van der Waals surface area (Å²) in [6.07, 6.45) is 3.04. The minimum absolute atomic E-state index is 0.298. The van der Waals surface area contributed by atoms with Crippen LogP contribution in [0.15, 0.2) is 24.3 Å². The van der Waals surface area contributed by atoms with Crippen molar-refractivity contribution < 1.29 is 4.79 Å². The van der Waals surface area contributed by atoms with Crippen LogP contribution in [0.1, 0.15) is 65.5 Å². The zero-order valence-corrected chi connectivity index (χ0v) is 19.0. The summed E-state index contributed by atoms with van der Waals surface area (Å²) in [6.45, 7) is 12.9. The Bertz CT molecular complexity index is 862. The zero-order chi connectivity index (χ0) is 22.1. The number of carbonyl (C=O) groups is 1. The monoisotopic (exact) mass is 409 g/mol. The van der Waals surface area contributed by atoms with Crippen LogP contribution in [-0.4, -0.2) is 35.5 Å². The number of benzene rings is 1. The van der Waals surface area contributed by atoms with Gasteiger partial charge in [-0.3, -0.25) is 4.79 Å². The van der Waals surface area contributed by atoms with Gasteiger partial charge < -0.3 is 10.2 Å². The molecular weight excluding hydrogens is 374 g/mol. The van der Waals surface area contributed by atoms with Gasteiger partial charge in [-0.15, -0.1) is 0 Å². The molecule has 6 nitrogen and oxygen atoms in total. The fourth-order valence-corrected chi connectivity index (χ4v) is 3.49. The summed E-state index contributed by atoms with van der Waals surface area (Å²) in [7, 11) is 0. The number of fused-ring (bicyclic) bond motifs is 1. The number of rotatable bonds is 11. The molecule has 0 saturated carbocycles. The maximum atomic E-state index is 12.9. The third-order valence-corrected chi connectivity index (χ3v) is 4.79. The molecule has 30 heavy (non-hydrogen) atoms. The molecule has 6 heteroatoms. The Hall–Kier alpha value is -2.68. The highest BCUT2D eigenvalue weighted by Crippen LogP contribution is 2.28. The van der Waals surface area contributed by atoms with E-state index in [0.29, 0.717) is 35.4 Å². The number of para-hydroxylation sites is 2. The number of hydrogen-bond acceptors (Lipinski definition) is 5. The van der Waals surface area contributed by atoms with Crippen molar-refractivity contribution >= 4 is 22.8 Å². The van der Waals surface area contributed by atoms with Crippen molar-refractivity contribution in [3.8, 4) is 6.07 Å². The quantitative estimate of drug-likeness (QED) is 0.546. The highest BCUT2D eigenvalue weighted by molar-refractivity contribution is 5.88. The largest absolute Gasteiger partial charge is 0.355 e. The Balaban J connectivity index is 2.50. The van der Waals surface area contributed by atoms with E-state index in [1.54, 1.807) is 0 Å². The minimum Gasteiger partial charge on any atom is -0.355 e. The Morgan fingerprint density at radius 1 is 1.07 bits per heavy atom. The Morgan fingerprint density at radius 2 is 1.67 bits per heavy atom. The lowest BCUT2D eigenvalue weighted by molar-refractivity contribution is -0.121. The number of anilines is 1. The van der Waals surface area contributed by atoms with Crippen LogP contribution in [0, 0.1) is 23.2 Å². The third-order valence-electron chi connectivity index (χ3n) is 4.79. The molecule has 0 fully saturated rings. The molecule has 0 unspecified atom stereocenters. The van der Waals surface area contributed by atoms with E-state index in [9.17, 15) is 10.1 Å². The number of nitrogens with zero attached hydrogens (tertiary/aromatic N) is 4. The van der Waals surface area contributed by atoms with Gasteiger partial charge in [-0.25, -0.2) is 9.97 Å². The van der Waals surface area contributed by atoms with Crippen molar-refractivity contribution in [2.75, 3.05) is 24.5 Å². The average molecular weight is 410 g/mol. The van der Waals surface area contributed by atoms with Crippen molar-refractivity contribution in [1.82, 2.24) is 15.3 Å². The molecule has 1 atom stereocenters. The van der Waals surface area contributed by atoms with Gasteiger partial charge in [-0.05, 0) is 30.4 Å². The molecule has 162 valence electrons. The number of amides is 1. The van der Waals surface area contributed by atoms with Crippen LogP contribution in [0.4, 0.5) is 5.82 Å². The second-order valence-electron chi connectivity index (χ2n) is 8.67. The number of unbranched alkanes of at least 4 members (excludes halogenated alkanes) is 2. The first-order valence-corrected chi connectivity index (χ1v) is 11.1. The summed E-state index contributed by atoms with van der Waals surface area (Å²) >= 11 is 0. The fraction of sp³-hybridized carbons (Fsp3) is 0.583. The first-order valence-electron chi connectivity index (χ1n) is 11.1. The van der Waals surface area contributed by atoms with Crippen molar-refractivity contribution in [3.05, 3.63) is 30.0 Å². The smallest absolute Gasteiger partial charge is 0.243 e. The molecule has 0 aliphatic rings. The van der Waals surface area contributed by atoms with Crippen molar-refractivity contribution in [1.29, 1.82) is 5.26 Å². The predicted molar refractivity (Wildman–Crippen MR) is 122 cm³/mol. The van der Waals surface area contributed by atoms with E-state index >= 15 is 0 Å². The van der Waals surface area contributed by atoms with Gasteiger partial charge in [0, 0.05) is 19.6 Å². The van der Waals surface area contributed by atoms with Crippen LogP contribution < -0.4 is 10.2 Å². The van der Waals surface area contributed by atoms with E-state index in [1.807, 2.05) is 24.3 Å². The topological polar surface area (TPSA) is 81.9 Å². The van der Waals surface area contributed by atoms with Gasteiger partial charge in [0.1, 0.15) is 5.69 Å². The predicted octanol–water partition coefficient (Wildman–Crippen LogP) is 4.66. The molecule has 1 amide bonds. The van der Waals surface area contributed by atoms with Crippen molar-refractivity contribution in [3.63, 3.8) is 0 Å². The normalized spacial score (nSPS) is 12.2. The molecule has 0 bridgehead atoms. The second-order valence-corrected chi connectivity index (χ2v) is 8.67. The highest BCUT2D eigenvalue weighted by atomic mass is 16.1. The first kappa shape index (κ1) is 23.6. The van der Waals surface area contributed by atoms with Gasteiger partial charge in [-0.1, -0.05) is 59.6 Å². The number of hydrogen-bond donors (Lipinski definition) is 1. The van der Waals surface area contributed by atoms with Gasteiger partial charge in [0.2, 0.25) is 5.91 Å². The summed E-state index contributed by atoms with van der Waals surface area (Å²) in [5, 5.41) is 12.8. The average Bonchev–Trinajstić information content (AvgIpc) is 2.70. The summed E-state index contributed by atoms with van der Waals surface area (Å²) in [5.74, 6) is 0.182. The molecule has 2 aromatic rings. The van der Waals surface area contributed by atoms with Crippen molar-refractivity contribution in [2.24, 2.45) is 11.8 Å². The summed E-state index contributed by atoms with van der Waals surface area (Å²) in [5.41, 5.74) is 1.92. The zero-order valence-electron chi connectivity index (χ0n) is 19.0. The van der Waals surface area contributed by atoms with E-state index in [0.717, 1.165) is 37.9 Å². The lowest BCUT2D eigenvalue weighted by Crippen LogP contribution is -2.35. The third kappa shape index (κ3) is 6.41. The van der Waals surface area contributed by atoms with Crippen LogP contribution in [0.2, 0.25) is 0 Å². The van der Waals surface area contributed by atoms with Crippen LogP contribution in [0.5, 0.6) is 0 Å². The molecule has 2 rings (SSSR count). The Labute approximate surface area is 180 Å². The number of aromatic nitrogens is 2. The molecule has 0 aliphatic heterocycles. The van der Waals surface area contributed by atoms with E-state index < -0.39 is 5.92 Å². The van der Waals surface area contributed by atoms with Crippen LogP contribution in [-0.2, 0) is 4.79 Å². The van der Waals surface area contributed by atoms with Gasteiger partial charge in [0.05, 0.1) is 17.1 Å². The standard InChI is InChI=1S/C24H35N5O/c1-6-7-10-13-26-24(30)19(14-25)22-23(29(15-17(2)3)16-18(4)5)28-21-12-9-8-11-20(21)27-22/h8-9,11-12,17-19H,6-7,10,13,15-16H2,1-5H3,(H,26,30)/t19-/m0/s1. The summed E-state index contributed by atoms with van der Waals surface area (Å²) in [6, 6.07) is 9.80. The second kappa shape index (κ2) is 11.5. The van der Waals surface area contributed by atoms with Crippen LogP contribution >= 0.6 is 0 Å². The van der Waals surface area contributed by atoms with E-state index in [1.165, 1.54) is 0 Å².